The van der Waals surface area contributed by atoms with Crippen LogP contribution in [0.2, 0.25) is 0 Å². The van der Waals surface area contributed by atoms with Crippen molar-refractivity contribution in [1.29, 1.82) is 0 Å². The molecule has 2 aliphatic heterocycles. The minimum atomic E-state index is 0.412. The molecule has 2 N–H and O–H groups in total. The largest absolute Gasteiger partial charge is 0.373 e. The molecule has 3 atom stereocenters. The first kappa shape index (κ1) is 8.81. The van der Waals surface area contributed by atoms with Gasteiger partial charge in [-0.25, -0.2) is 0 Å². The molecule has 4 nitrogen and oxygen atoms in total. The third kappa shape index (κ3) is 1.63. The van der Waals surface area contributed by atoms with Gasteiger partial charge in [0.2, 0.25) is 0 Å². The first-order chi connectivity index (χ1) is 6.33. The molecule has 0 spiro atoms. The first-order valence-corrected chi connectivity index (χ1v) is 4.90. The Morgan fingerprint density at radius 3 is 2.77 bits per heavy atom. The van der Waals surface area contributed by atoms with Crippen molar-refractivity contribution in [3.05, 3.63) is 0 Å². The van der Waals surface area contributed by atoms with Gasteiger partial charge < -0.3 is 15.4 Å². The van der Waals surface area contributed by atoms with Gasteiger partial charge in [-0.3, -0.25) is 4.99 Å². The van der Waals surface area contributed by atoms with Crippen LogP contribution in [0.25, 0.3) is 0 Å². The number of guanidine groups is 1. The summed E-state index contributed by atoms with van der Waals surface area (Å²) in [6.07, 6.45) is 4.47. The highest BCUT2D eigenvalue weighted by atomic mass is 16.5. The highest BCUT2D eigenvalue weighted by Gasteiger charge is 2.40. The van der Waals surface area contributed by atoms with E-state index in [9.17, 15) is 0 Å². The number of fused-ring (bicyclic) bond motifs is 2. The summed E-state index contributed by atoms with van der Waals surface area (Å²) in [4.78, 5) is 4.09. The zero-order valence-corrected chi connectivity index (χ0v) is 8.21. The van der Waals surface area contributed by atoms with Gasteiger partial charge in [-0.1, -0.05) is 0 Å². The predicted molar refractivity (Wildman–Crippen MR) is 51.9 cm³/mol. The normalized spacial score (nSPS) is 38.0. The predicted octanol–water partition coefficient (Wildman–Crippen LogP) is 0.101. The fourth-order valence-corrected chi connectivity index (χ4v) is 2.21. The minimum absolute atomic E-state index is 0.412. The van der Waals surface area contributed by atoms with Gasteiger partial charge in [0.05, 0.1) is 18.2 Å². The third-order valence-electron chi connectivity index (χ3n) is 2.89. The van der Waals surface area contributed by atoms with Crippen molar-refractivity contribution in [2.75, 3.05) is 14.1 Å². The van der Waals surface area contributed by atoms with E-state index < -0.39 is 0 Å². The van der Waals surface area contributed by atoms with Crippen LogP contribution < -0.4 is 10.6 Å². The van der Waals surface area contributed by atoms with Crippen molar-refractivity contribution in [2.24, 2.45) is 4.99 Å². The van der Waals surface area contributed by atoms with Crippen molar-refractivity contribution in [2.45, 2.75) is 37.5 Å². The van der Waals surface area contributed by atoms with Crippen LogP contribution in [-0.4, -0.2) is 38.3 Å². The Hall–Kier alpha value is -0.770. The molecule has 2 saturated heterocycles. The topological polar surface area (TPSA) is 45.7 Å². The highest BCUT2D eigenvalue weighted by molar-refractivity contribution is 5.79. The van der Waals surface area contributed by atoms with Gasteiger partial charge in [0.15, 0.2) is 5.96 Å². The van der Waals surface area contributed by atoms with E-state index in [4.69, 9.17) is 4.74 Å². The Balaban J connectivity index is 1.89. The Bertz CT molecular complexity index is 217. The first-order valence-electron chi connectivity index (χ1n) is 4.90. The van der Waals surface area contributed by atoms with Crippen molar-refractivity contribution in [1.82, 2.24) is 10.6 Å². The van der Waals surface area contributed by atoms with Crippen LogP contribution in [0.15, 0.2) is 4.99 Å². The van der Waals surface area contributed by atoms with Gasteiger partial charge >= 0.3 is 0 Å². The number of hydrogen-bond acceptors (Lipinski definition) is 2. The standard InChI is InChI=1S/C9H17N3O/c1-10-9(11-2)12-7-5-6-3-4-8(7)13-6/h6-8H,3-5H2,1-2H3,(H2,10,11,12). The van der Waals surface area contributed by atoms with Crippen LogP contribution in [0, 0.1) is 0 Å². The quantitative estimate of drug-likeness (QED) is 0.448. The molecule has 3 unspecified atom stereocenters. The third-order valence-corrected chi connectivity index (χ3v) is 2.89. The molecule has 0 amide bonds. The highest BCUT2D eigenvalue weighted by Crippen LogP contribution is 2.34. The zero-order valence-electron chi connectivity index (χ0n) is 8.21. The molecule has 0 saturated carbocycles. The minimum Gasteiger partial charge on any atom is -0.373 e. The fourth-order valence-electron chi connectivity index (χ4n) is 2.21. The molecule has 0 aromatic carbocycles. The Kier molecular flexibility index (Phi) is 2.40. The zero-order chi connectivity index (χ0) is 9.26. The molecule has 0 aromatic heterocycles. The number of aliphatic imine (C=N–C) groups is 1. The van der Waals surface area contributed by atoms with E-state index >= 15 is 0 Å². The molecule has 2 bridgehead atoms. The maximum atomic E-state index is 5.73. The smallest absolute Gasteiger partial charge is 0.191 e. The van der Waals surface area contributed by atoms with Crippen molar-refractivity contribution in [3.63, 3.8) is 0 Å². The van der Waals surface area contributed by atoms with Gasteiger partial charge in [0, 0.05) is 14.1 Å². The lowest BCUT2D eigenvalue weighted by molar-refractivity contribution is 0.0992. The second kappa shape index (κ2) is 3.54. The lowest BCUT2D eigenvalue weighted by Gasteiger charge is -2.21. The fraction of sp³-hybridized carbons (Fsp3) is 0.889. The number of hydrogen-bond donors (Lipinski definition) is 2. The Labute approximate surface area is 78.8 Å². The van der Waals surface area contributed by atoms with Crippen LogP contribution in [0.3, 0.4) is 0 Å². The second-order valence-corrected chi connectivity index (χ2v) is 3.68. The number of nitrogens with zero attached hydrogens (tertiary/aromatic N) is 1. The number of rotatable bonds is 1. The van der Waals surface area contributed by atoms with Gasteiger partial charge in [0.1, 0.15) is 0 Å². The van der Waals surface area contributed by atoms with E-state index in [0.717, 1.165) is 12.4 Å². The molecular weight excluding hydrogens is 166 g/mol. The van der Waals surface area contributed by atoms with Crippen LogP contribution in [0.5, 0.6) is 0 Å². The van der Waals surface area contributed by atoms with Crippen molar-refractivity contribution in [3.8, 4) is 0 Å². The molecule has 4 heteroatoms. The summed E-state index contributed by atoms with van der Waals surface area (Å²) in [5.74, 6) is 0.862. The van der Waals surface area contributed by atoms with E-state index in [1.165, 1.54) is 12.8 Å². The van der Waals surface area contributed by atoms with Crippen LogP contribution in [0.4, 0.5) is 0 Å². The van der Waals surface area contributed by atoms with E-state index in [0.29, 0.717) is 18.2 Å². The molecule has 2 heterocycles. The molecule has 2 rings (SSSR count). The van der Waals surface area contributed by atoms with E-state index in [1.54, 1.807) is 7.05 Å². The average molecular weight is 183 g/mol. The monoisotopic (exact) mass is 183 g/mol. The number of ether oxygens (including phenoxy) is 1. The second-order valence-electron chi connectivity index (χ2n) is 3.68. The van der Waals surface area contributed by atoms with Gasteiger partial charge in [-0.05, 0) is 19.3 Å². The molecule has 0 aromatic rings. The van der Waals surface area contributed by atoms with Gasteiger partial charge in [-0.15, -0.1) is 0 Å². The summed E-state index contributed by atoms with van der Waals surface area (Å²) in [7, 11) is 3.66. The SMILES string of the molecule is CN=C(NC)NC1CC2CCC1O2. The van der Waals surface area contributed by atoms with Crippen LogP contribution >= 0.6 is 0 Å². The summed E-state index contributed by atoms with van der Waals surface area (Å²) < 4.78 is 5.73. The van der Waals surface area contributed by atoms with E-state index in [1.807, 2.05) is 7.05 Å². The van der Waals surface area contributed by atoms with Crippen molar-refractivity contribution >= 4 is 5.96 Å². The summed E-state index contributed by atoms with van der Waals surface area (Å²) in [6, 6.07) is 0.463. The summed E-state index contributed by atoms with van der Waals surface area (Å²) in [5.41, 5.74) is 0. The maximum Gasteiger partial charge on any atom is 0.191 e. The molecule has 0 radical (unpaired) electrons. The number of nitrogens with one attached hydrogen (secondary N) is 2. The van der Waals surface area contributed by atoms with Gasteiger partial charge in [0.25, 0.3) is 0 Å². The maximum absolute atomic E-state index is 5.73. The molecule has 2 aliphatic rings. The average Bonchev–Trinajstić information content (AvgIpc) is 2.75. The van der Waals surface area contributed by atoms with E-state index in [2.05, 4.69) is 15.6 Å². The van der Waals surface area contributed by atoms with Gasteiger partial charge in [-0.2, -0.15) is 0 Å². The molecule has 74 valence electrons. The molecular formula is C9H17N3O. The molecule has 2 fully saturated rings. The Morgan fingerprint density at radius 1 is 1.46 bits per heavy atom. The van der Waals surface area contributed by atoms with Crippen LogP contribution in [0.1, 0.15) is 19.3 Å². The lowest BCUT2D eigenvalue weighted by Crippen LogP contribution is -2.46. The van der Waals surface area contributed by atoms with Crippen LogP contribution in [-0.2, 0) is 4.74 Å². The Morgan fingerprint density at radius 2 is 2.31 bits per heavy atom. The van der Waals surface area contributed by atoms with E-state index in [-0.39, 0.29) is 0 Å². The summed E-state index contributed by atoms with van der Waals surface area (Å²) in [6.45, 7) is 0. The summed E-state index contributed by atoms with van der Waals surface area (Å²) in [5, 5.41) is 6.38. The lowest BCUT2D eigenvalue weighted by atomic mass is 9.96. The summed E-state index contributed by atoms with van der Waals surface area (Å²) >= 11 is 0. The molecule has 0 aliphatic carbocycles. The molecule has 13 heavy (non-hydrogen) atoms. The van der Waals surface area contributed by atoms with Crippen molar-refractivity contribution < 1.29 is 4.74 Å².